The van der Waals surface area contributed by atoms with Gasteiger partial charge in [0.15, 0.2) is 0 Å². The van der Waals surface area contributed by atoms with E-state index in [0.29, 0.717) is 24.7 Å². The van der Waals surface area contributed by atoms with Crippen molar-refractivity contribution in [3.8, 4) is 0 Å². The topological polar surface area (TPSA) is 45.2 Å². The fourth-order valence-corrected chi connectivity index (χ4v) is 5.41. The lowest BCUT2D eigenvalue weighted by Crippen LogP contribution is -2.28. The Kier molecular flexibility index (Phi) is 9.89. The van der Waals surface area contributed by atoms with Gasteiger partial charge >= 0.3 is 0 Å². The molecule has 1 amide bonds. The lowest BCUT2D eigenvalue weighted by atomic mass is 9.88. The molecule has 0 fully saturated rings. The Balaban J connectivity index is 1.52. The Morgan fingerprint density at radius 1 is 0.946 bits per heavy atom. The monoisotopic (exact) mass is 531 g/mol. The van der Waals surface area contributed by atoms with Crippen LogP contribution in [-0.2, 0) is 13.1 Å². The first-order valence-electron chi connectivity index (χ1n) is 12.8. The molecule has 0 spiro atoms. The molecule has 4 nitrogen and oxygen atoms in total. The maximum absolute atomic E-state index is 12.5. The number of halogens is 1. The van der Waals surface area contributed by atoms with Crippen LogP contribution in [-0.4, -0.2) is 28.9 Å². The van der Waals surface area contributed by atoms with Gasteiger partial charge in [-0.2, -0.15) is 0 Å². The van der Waals surface area contributed by atoms with Crippen molar-refractivity contribution in [2.24, 2.45) is 5.92 Å². The van der Waals surface area contributed by atoms with Crippen molar-refractivity contribution < 1.29 is 4.79 Å². The van der Waals surface area contributed by atoms with E-state index in [1.165, 1.54) is 11.1 Å². The second-order valence-electron chi connectivity index (χ2n) is 9.73. The molecule has 0 saturated carbocycles. The third-order valence-corrected chi connectivity index (χ3v) is 7.32. The van der Waals surface area contributed by atoms with Crippen molar-refractivity contribution in [2.75, 3.05) is 13.1 Å². The maximum Gasteiger partial charge on any atom is 0.270 e. The molecule has 0 radical (unpaired) electrons. The Hall–Kier alpha value is -2.99. The maximum atomic E-state index is 12.5. The van der Waals surface area contributed by atoms with Gasteiger partial charge in [-0.25, -0.2) is 4.98 Å². The van der Waals surface area contributed by atoms with Gasteiger partial charge in [-0.1, -0.05) is 98.2 Å². The summed E-state index contributed by atoms with van der Waals surface area (Å²) in [5, 5.41) is 6.50. The van der Waals surface area contributed by atoms with Crippen LogP contribution in [0.2, 0.25) is 5.02 Å². The van der Waals surface area contributed by atoms with Crippen molar-refractivity contribution in [3.05, 3.63) is 123 Å². The summed E-state index contributed by atoms with van der Waals surface area (Å²) in [4.78, 5) is 19.6. The number of hydrogen-bond acceptors (Lipinski definition) is 4. The van der Waals surface area contributed by atoms with Crippen LogP contribution in [0.15, 0.2) is 90.3 Å². The average Bonchev–Trinajstić information content (AvgIpc) is 3.37. The van der Waals surface area contributed by atoms with E-state index < -0.39 is 0 Å². The van der Waals surface area contributed by atoms with Crippen molar-refractivity contribution >= 4 is 28.8 Å². The van der Waals surface area contributed by atoms with Crippen LogP contribution in [0.4, 0.5) is 0 Å². The molecule has 0 unspecified atom stereocenters. The smallest absolute Gasteiger partial charge is 0.270 e. The third-order valence-electron chi connectivity index (χ3n) is 6.25. The molecule has 192 valence electrons. The van der Waals surface area contributed by atoms with Gasteiger partial charge in [0.25, 0.3) is 5.91 Å². The van der Waals surface area contributed by atoms with E-state index in [0.717, 1.165) is 35.1 Å². The third kappa shape index (κ3) is 8.26. The number of nitrogens with one attached hydrogen (secondary N) is 1. The molecule has 0 aliphatic carbocycles. The first kappa shape index (κ1) is 27.1. The van der Waals surface area contributed by atoms with E-state index in [4.69, 9.17) is 11.6 Å². The molecule has 0 atom stereocenters. The molecule has 1 aromatic heterocycles. The van der Waals surface area contributed by atoms with E-state index in [1.807, 2.05) is 23.6 Å². The van der Waals surface area contributed by atoms with Gasteiger partial charge in [-0.3, -0.25) is 9.69 Å². The number of nitrogens with zero attached hydrogens (tertiary/aromatic N) is 2. The molecule has 0 aliphatic rings. The first-order valence-corrected chi connectivity index (χ1v) is 14.0. The van der Waals surface area contributed by atoms with Gasteiger partial charge in [0.1, 0.15) is 10.7 Å². The van der Waals surface area contributed by atoms with E-state index >= 15 is 0 Å². The minimum Gasteiger partial charge on any atom is -0.350 e. The van der Waals surface area contributed by atoms with E-state index in [9.17, 15) is 4.79 Å². The minimum atomic E-state index is -0.106. The summed E-state index contributed by atoms with van der Waals surface area (Å²) in [6.07, 6.45) is 0.960. The van der Waals surface area contributed by atoms with Crippen LogP contribution >= 0.6 is 22.9 Å². The second kappa shape index (κ2) is 13.5. The number of amides is 1. The summed E-state index contributed by atoms with van der Waals surface area (Å²) >= 11 is 7.83. The Morgan fingerprint density at radius 3 is 2.24 bits per heavy atom. The summed E-state index contributed by atoms with van der Waals surface area (Å²) in [5.74, 6) is 0.584. The SMILES string of the molecule is CC(C)CNC(=O)c1csc(CN(CCC(c2ccccc2)c2ccccc2)Cc2cccc(Cl)c2)n1. The number of carbonyl (C=O) groups excluding carboxylic acids is 1. The first-order chi connectivity index (χ1) is 18.0. The van der Waals surface area contributed by atoms with E-state index in [1.54, 1.807) is 11.3 Å². The van der Waals surface area contributed by atoms with Crippen LogP contribution in [0.3, 0.4) is 0 Å². The number of carbonyl (C=O) groups is 1. The molecule has 37 heavy (non-hydrogen) atoms. The molecule has 0 saturated heterocycles. The van der Waals surface area contributed by atoms with Crippen LogP contribution in [0.5, 0.6) is 0 Å². The normalized spacial score (nSPS) is 11.4. The average molecular weight is 532 g/mol. The fraction of sp³-hybridized carbons (Fsp3) is 0.290. The zero-order valence-corrected chi connectivity index (χ0v) is 23.0. The fourth-order valence-electron chi connectivity index (χ4n) is 4.38. The molecule has 1 heterocycles. The van der Waals surface area contributed by atoms with Gasteiger partial charge in [-0.15, -0.1) is 11.3 Å². The second-order valence-corrected chi connectivity index (χ2v) is 11.1. The summed E-state index contributed by atoms with van der Waals surface area (Å²) in [6.45, 7) is 7.11. The van der Waals surface area contributed by atoms with E-state index in [-0.39, 0.29) is 11.8 Å². The predicted octanol–water partition coefficient (Wildman–Crippen LogP) is 7.41. The van der Waals surface area contributed by atoms with E-state index in [2.05, 4.69) is 95.8 Å². The van der Waals surface area contributed by atoms with Crippen LogP contribution in [0.25, 0.3) is 0 Å². The zero-order chi connectivity index (χ0) is 26.0. The Morgan fingerprint density at radius 2 is 1.62 bits per heavy atom. The zero-order valence-electron chi connectivity index (χ0n) is 21.4. The lowest BCUT2D eigenvalue weighted by Gasteiger charge is -2.25. The van der Waals surface area contributed by atoms with Gasteiger partial charge in [0, 0.05) is 29.4 Å². The number of aromatic nitrogens is 1. The van der Waals surface area contributed by atoms with Gasteiger partial charge in [0.2, 0.25) is 0 Å². The van der Waals surface area contributed by atoms with Crippen LogP contribution in [0, 0.1) is 5.92 Å². The number of rotatable bonds is 12. The van der Waals surface area contributed by atoms with Gasteiger partial charge < -0.3 is 5.32 Å². The summed E-state index contributed by atoms with van der Waals surface area (Å²) in [7, 11) is 0. The molecule has 6 heteroatoms. The molecular weight excluding hydrogens is 498 g/mol. The van der Waals surface area contributed by atoms with Crippen LogP contribution in [0.1, 0.15) is 58.4 Å². The highest BCUT2D eigenvalue weighted by Crippen LogP contribution is 2.29. The summed E-state index contributed by atoms with van der Waals surface area (Å²) < 4.78 is 0. The Bertz CT molecular complexity index is 1220. The van der Waals surface area contributed by atoms with Gasteiger partial charge in [0.05, 0.1) is 6.54 Å². The summed E-state index contributed by atoms with van der Waals surface area (Å²) in [5.41, 5.74) is 4.29. The molecular formula is C31H34ClN3OS. The molecule has 1 N–H and O–H groups in total. The predicted molar refractivity (Wildman–Crippen MR) is 154 cm³/mol. The van der Waals surface area contributed by atoms with Crippen molar-refractivity contribution in [1.82, 2.24) is 15.2 Å². The largest absolute Gasteiger partial charge is 0.350 e. The molecule has 0 aliphatic heterocycles. The summed E-state index contributed by atoms with van der Waals surface area (Å²) in [6, 6.07) is 29.4. The highest BCUT2D eigenvalue weighted by atomic mass is 35.5. The Labute approximate surface area is 229 Å². The standard InChI is InChI=1S/C31H34ClN3OS/c1-23(2)19-33-31(36)29-22-37-30(34-29)21-35(20-24-10-9-15-27(32)18-24)17-16-28(25-11-5-3-6-12-25)26-13-7-4-8-14-26/h3-15,18,22-23,28H,16-17,19-21H2,1-2H3,(H,33,36). The molecule has 4 rings (SSSR count). The van der Waals surface area contributed by atoms with Gasteiger partial charge in [-0.05, 0) is 47.7 Å². The van der Waals surface area contributed by atoms with Crippen LogP contribution < -0.4 is 5.32 Å². The molecule has 3 aromatic carbocycles. The van der Waals surface area contributed by atoms with Crippen molar-refractivity contribution in [1.29, 1.82) is 0 Å². The highest BCUT2D eigenvalue weighted by molar-refractivity contribution is 7.09. The molecule has 4 aromatic rings. The van der Waals surface area contributed by atoms with Crippen molar-refractivity contribution in [3.63, 3.8) is 0 Å². The highest BCUT2D eigenvalue weighted by Gasteiger charge is 2.18. The number of thiazole rings is 1. The number of benzene rings is 3. The number of hydrogen-bond donors (Lipinski definition) is 1. The quantitative estimate of drug-likeness (QED) is 0.207. The van der Waals surface area contributed by atoms with Crippen molar-refractivity contribution in [2.45, 2.75) is 39.3 Å². The lowest BCUT2D eigenvalue weighted by molar-refractivity contribution is 0.0944. The minimum absolute atomic E-state index is 0.106. The molecule has 0 bridgehead atoms.